The van der Waals surface area contributed by atoms with E-state index in [9.17, 15) is 10.2 Å². The topological polar surface area (TPSA) is 60.7 Å². The molecular weight excluding hydrogens is 228 g/mol. The number of hydrogen-bond donors (Lipinski definition) is 3. The summed E-state index contributed by atoms with van der Waals surface area (Å²) in [5, 5.41) is 28.8. The molecule has 18 heavy (non-hydrogen) atoms. The van der Waals surface area contributed by atoms with Gasteiger partial charge in [-0.25, -0.2) is 0 Å². The van der Waals surface area contributed by atoms with Crippen LogP contribution in [-0.4, -0.2) is 34.1 Å². The van der Waals surface area contributed by atoms with Crippen molar-refractivity contribution in [2.75, 3.05) is 6.61 Å². The van der Waals surface area contributed by atoms with Crippen LogP contribution in [0.4, 0.5) is 0 Å². The zero-order chi connectivity index (χ0) is 13.9. The predicted molar refractivity (Wildman–Crippen MR) is 73.1 cm³/mol. The van der Waals surface area contributed by atoms with Gasteiger partial charge in [-0.2, -0.15) is 0 Å². The molecule has 0 spiro atoms. The lowest BCUT2D eigenvalue weighted by atomic mass is 9.69. The lowest BCUT2D eigenvalue weighted by Gasteiger charge is -2.39. The monoisotopic (exact) mass is 252 g/mol. The third kappa shape index (κ3) is 3.10. The van der Waals surface area contributed by atoms with Gasteiger partial charge in [-0.05, 0) is 25.0 Å². The molecule has 0 heterocycles. The molecule has 0 fully saturated rings. The predicted octanol–water partition coefficient (Wildman–Crippen LogP) is 1.95. The molecular formula is C15H24O3. The molecule has 2 atom stereocenters. The van der Waals surface area contributed by atoms with Gasteiger partial charge in [0.1, 0.15) is 0 Å². The molecule has 0 aromatic rings. The third-order valence-corrected chi connectivity index (χ3v) is 3.82. The zero-order valence-corrected chi connectivity index (χ0v) is 11.6. The molecule has 0 amide bonds. The average molecular weight is 252 g/mol. The summed E-state index contributed by atoms with van der Waals surface area (Å²) >= 11 is 0. The molecule has 102 valence electrons. The van der Waals surface area contributed by atoms with E-state index in [2.05, 4.69) is 0 Å². The van der Waals surface area contributed by atoms with Crippen LogP contribution < -0.4 is 0 Å². The van der Waals surface area contributed by atoms with E-state index in [0.29, 0.717) is 6.42 Å². The summed E-state index contributed by atoms with van der Waals surface area (Å²) in [6, 6.07) is 0. The van der Waals surface area contributed by atoms with Crippen molar-refractivity contribution in [3.8, 4) is 0 Å². The number of rotatable bonds is 3. The van der Waals surface area contributed by atoms with Gasteiger partial charge >= 0.3 is 0 Å². The summed E-state index contributed by atoms with van der Waals surface area (Å²) in [5.74, 6) is 0. The van der Waals surface area contributed by atoms with Crippen LogP contribution >= 0.6 is 0 Å². The lowest BCUT2D eigenvalue weighted by molar-refractivity contribution is 0.0181. The summed E-state index contributed by atoms with van der Waals surface area (Å²) in [6.07, 6.45) is 4.83. The highest BCUT2D eigenvalue weighted by atomic mass is 16.3. The Balaban J connectivity index is 3.09. The first-order chi connectivity index (χ1) is 8.30. The van der Waals surface area contributed by atoms with Crippen molar-refractivity contribution >= 4 is 0 Å². The first-order valence-corrected chi connectivity index (χ1v) is 6.33. The van der Waals surface area contributed by atoms with E-state index in [1.165, 1.54) is 0 Å². The SMILES string of the molecule is CC(C=CC1=C(C)C(O)CC(O)C1(C)C)=CCO. The minimum absolute atomic E-state index is 0.0167. The van der Waals surface area contributed by atoms with Crippen LogP contribution in [0.15, 0.2) is 34.9 Å². The minimum atomic E-state index is -0.574. The standard InChI is InChI=1S/C15H24O3/c1-10(7-8-16)5-6-12-11(2)13(17)9-14(18)15(12,3)4/h5-7,13-14,16-18H,8-9H2,1-4H3. The minimum Gasteiger partial charge on any atom is -0.392 e. The molecule has 0 saturated carbocycles. The molecule has 0 saturated heterocycles. The normalized spacial score (nSPS) is 29.2. The van der Waals surface area contributed by atoms with E-state index >= 15 is 0 Å². The Kier molecular flexibility index (Phi) is 4.91. The Morgan fingerprint density at radius 3 is 2.56 bits per heavy atom. The summed E-state index contributed by atoms with van der Waals surface area (Å²) in [6.45, 7) is 7.80. The Morgan fingerprint density at radius 2 is 2.00 bits per heavy atom. The second-order valence-corrected chi connectivity index (χ2v) is 5.55. The van der Waals surface area contributed by atoms with Crippen molar-refractivity contribution in [3.63, 3.8) is 0 Å². The second kappa shape index (κ2) is 5.83. The summed E-state index contributed by atoms with van der Waals surface area (Å²) in [4.78, 5) is 0. The van der Waals surface area contributed by atoms with Gasteiger partial charge in [0.25, 0.3) is 0 Å². The molecule has 0 radical (unpaired) electrons. The Bertz CT molecular complexity index is 389. The fourth-order valence-corrected chi connectivity index (χ4v) is 2.32. The van der Waals surface area contributed by atoms with E-state index in [4.69, 9.17) is 5.11 Å². The quantitative estimate of drug-likeness (QED) is 0.673. The van der Waals surface area contributed by atoms with E-state index in [0.717, 1.165) is 16.7 Å². The molecule has 0 aromatic heterocycles. The smallest absolute Gasteiger partial charge is 0.0778 e. The molecule has 3 heteroatoms. The molecule has 0 bridgehead atoms. The van der Waals surface area contributed by atoms with Crippen LogP contribution in [0.5, 0.6) is 0 Å². The highest BCUT2D eigenvalue weighted by Gasteiger charge is 2.38. The Labute approximate surface area is 109 Å². The molecule has 1 aliphatic carbocycles. The van der Waals surface area contributed by atoms with E-state index in [-0.39, 0.29) is 12.0 Å². The van der Waals surface area contributed by atoms with Gasteiger partial charge in [-0.1, -0.05) is 37.6 Å². The van der Waals surface area contributed by atoms with Gasteiger partial charge in [0.05, 0.1) is 18.8 Å². The van der Waals surface area contributed by atoms with Crippen molar-refractivity contribution in [1.82, 2.24) is 0 Å². The van der Waals surface area contributed by atoms with Crippen molar-refractivity contribution < 1.29 is 15.3 Å². The first-order valence-electron chi connectivity index (χ1n) is 6.33. The summed E-state index contributed by atoms with van der Waals surface area (Å²) in [5.41, 5.74) is 2.49. The molecule has 0 aromatic carbocycles. The van der Waals surface area contributed by atoms with Crippen molar-refractivity contribution in [2.24, 2.45) is 5.41 Å². The van der Waals surface area contributed by atoms with Crippen LogP contribution in [0, 0.1) is 5.41 Å². The first kappa shape index (κ1) is 15.2. The summed E-state index contributed by atoms with van der Waals surface area (Å²) in [7, 11) is 0. The molecule has 2 unspecified atom stereocenters. The molecule has 3 N–H and O–H groups in total. The number of hydrogen-bond acceptors (Lipinski definition) is 3. The third-order valence-electron chi connectivity index (χ3n) is 3.82. The average Bonchev–Trinajstić information content (AvgIpc) is 2.27. The van der Waals surface area contributed by atoms with Gasteiger partial charge in [0, 0.05) is 11.8 Å². The maximum Gasteiger partial charge on any atom is 0.0778 e. The number of aliphatic hydroxyl groups is 3. The van der Waals surface area contributed by atoms with E-state index in [1.54, 1.807) is 6.08 Å². The van der Waals surface area contributed by atoms with Crippen LogP contribution in [-0.2, 0) is 0 Å². The fourth-order valence-electron chi connectivity index (χ4n) is 2.32. The largest absolute Gasteiger partial charge is 0.392 e. The van der Waals surface area contributed by atoms with Crippen molar-refractivity contribution in [3.05, 3.63) is 34.9 Å². The van der Waals surface area contributed by atoms with E-state index in [1.807, 2.05) is 39.8 Å². The Hall–Kier alpha value is -0.900. The van der Waals surface area contributed by atoms with Gasteiger partial charge in [0.2, 0.25) is 0 Å². The van der Waals surface area contributed by atoms with Crippen LogP contribution in [0.3, 0.4) is 0 Å². The summed E-state index contributed by atoms with van der Waals surface area (Å²) < 4.78 is 0. The van der Waals surface area contributed by atoms with Crippen LogP contribution in [0.2, 0.25) is 0 Å². The molecule has 0 aliphatic heterocycles. The Morgan fingerprint density at radius 1 is 1.39 bits per heavy atom. The number of allylic oxidation sites excluding steroid dienone is 3. The van der Waals surface area contributed by atoms with Crippen LogP contribution in [0.25, 0.3) is 0 Å². The number of aliphatic hydroxyl groups excluding tert-OH is 3. The maximum atomic E-state index is 10.1. The maximum absolute atomic E-state index is 10.1. The van der Waals surface area contributed by atoms with Gasteiger partial charge in [-0.3, -0.25) is 0 Å². The van der Waals surface area contributed by atoms with Crippen LogP contribution in [0.1, 0.15) is 34.1 Å². The van der Waals surface area contributed by atoms with E-state index < -0.39 is 12.2 Å². The highest BCUT2D eigenvalue weighted by Crippen LogP contribution is 2.41. The highest BCUT2D eigenvalue weighted by molar-refractivity contribution is 5.38. The zero-order valence-electron chi connectivity index (χ0n) is 11.6. The second-order valence-electron chi connectivity index (χ2n) is 5.55. The lowest BCUT2D eigenvalue weighted by Crippen LogP contribution is -2.40. The molecule has 1 rings (SSSR count). The molecule has 3 nitrogen and oxygen atoms in total. The van der Waals surface area contributed by atoms with Crippen molar-refractivity contribution in [1.29, 1.82) is 0 Å². The van der Waals surface area contributed by atoms with Gasteiger partial charge in [0.15, 0.2) is 0 Å². The molecule has 1 aliphatic rings. The van der Waals surface area contributed by atoms with Gasteiger partial charge in [-0.15, -0.1) is 0 Å². The van der Waals surface area contributed by atoms with Crippen molar-refractivity contribution in [2.45, 2.75) is 46.3 Å². The fraction of sp³-hybridized carbons (Fsp3) is 0.600. The van der Waals surface area contributed by atoms with Gasteiger partial charge < -0.3 is 15.3 Å².